The van der Waals surface area contributed by atoms with Crippen molar-refractivity contribution in [3.63, 3.8) is 0 Å². The molecule has 0 aromatic carbocycles. The molecule has 3 heterocycles. The third kappa shape index (κ3) is 51.8. The molecule has 0 aliphatic carbocycles. The smallest absolute Gasteiger partial charge is 0.220 e. The number of hydrogen-bond donors (Lipinski definition) is 12. The van der Waals surface area contributed by atoms with Gasteiger partial charge < -0.3 is 89.9 Å². The Hall–Kier alpha value is -2.77. The van der Waals surface area contributed by atoms with E-state index in [-0.39, 0.29) is 18.9 Å². The van der Waals surface area contributed by atoms with Crippen LogP contribution in [0.1, 0.15) is 393 Å². The highest BCUT2D eigenvalue weighted by Crippen LogP contribution is 2.34. The Kier molecular flexibility index (Phi) is 68.5. The Balaban J connectivity index is 1.32. The zero-order valence-corrected chi connectivity index (χ0v) is 72.1. The first kappa shape index (κ1) is 105. The summed E-state index contributed by atoms with van der Waals surface area (Å²) in [5, 5.41) is 121. The van der Waals surface area contributed by atoms with Crippen LogP contribution < -0.4 is 5.32 Å². The maximum Gasteiger partial charge on any atom is 0.220 e. The van der Waals surface area contributed by atoms with Crippen molar-refractivity contribution in [2.45, 2.75) is 497 Å². The topological polar surface area (TPSA) is 307 Å². The van der Waals surface area contributed by atoms with Gasteiger partial charge in [0.1, 0.15) is 73.2 Å². The lowest BCUT2D eigenvalue weighted by molar-refractivity contribution is -0.379. The van der Waals surface area contributed by atoms with Crippen LogP contribution in [0.2, 0.25) is 0 Å². The van der Waals surface area contributed by atoms with E-state index in [1.54, 1.807) is 6.08 Å². The molecule has 0 saturated carbocycles. The number of amides is 1. The summed E-state index contributed by atoms with van der Waals surface area (Å²) in [6.07, 6.45) is 73.6. The van der Waals surface area contributed by atoms with E-state index in [0.717, 1.165) is 57.8 Å². The minimum atomic E-state index is -1.99. The molecule has 0 radical (unpaired) electrons. The second-order valence-electron chi connectivity index (χ2n) is 33.5. The summed E-state index contributed by atoms with van der Waals surface area (Å²) in [7, 11) is 0. The second kappa shape index (κ2) is 74.1. The normalized spacial score (nSPS) is 25.0. The highest BCUT2D eigenvalue weighted by Gasteiger charge is 2.54. The van der Waals surface area contributed by atoms with E-state index in [4.69, 9.17) is 28.4 Å². The summed E-state index contributed by atoms with van der Waals surface area (Å²) in [6, 6.07) is -1.00. The number of rotatable bonds is 77. The zero-order chi connectivity index (χ0) is 82.4. The van der Waals surface area contributed by atoms with Crippen LogP contribution in [0.15, 0.2) is 72.9 Å². The fraction of sp³-hybridized carbons (Fsp3) is 0.863. The molecule has 114 heavy (non-hydrogen) atoms. The highest BCUT2D eigenvalue weighted by atomic mass is 16.8. The summed E-state index contributed by atoms with van der Waals surface area (Å²) in [6.45, 7) is 1.76. The largest absolute Gasteiger partial charge is 0.394 e. The molecular formula is C95H173NO18. The summed E-state index contributed by atoms with van der Waals surface area (Å²) >= 11 is 0. The van der Waals surface area contributed by atoms with Crippen molar-refractivity contribution in [1.82, 2.24) is 5.32 Å². The third-order valence-electron chi connectivity index (χ3n) is 23.2. The van der Waals surface area contributed by atoms with E-state index in [9.17, 15) is 61.0 Å². The number of hydrogen-bond acceptors (Lipinski definition) is 18. The van der Waals surface area contributed by atoms with Gasteiger partial charge in [-0.15, -0.1) is 0 Å². The Morgan fingerprint density at radius 1 is 0.316 bits per heavy atom. The van der Waals surface area contributed by atoms with Gasteiger partial charge in [0.05, 0.1) is 38.6 Å². The van der Waals surface area contributed by atoms with Crippen LogP contribution in [0.4, 0.5) is 0 Å². The minimum Gasteiger partial charge on any atom is -0.394 e. The SMILES string of the molecule is CCCCCCC/C=C\C/C=C\C/C=C\CCCCCCCCCCCCCCCCCCCCCCCCC(=O)NC(COC1OC(CO)C(OC2OC(CO)C(OC3OC(CO)C(O)C(O)C3O)C(O)C2O)C(O)C1O)C(O)/C=C/CC/C=C/CC/C=C/CCCCCCCCCCCCCCCCCCCCCCCC. The predicted octanol–water partition coefficient (Wildman–Crippen LogP) is 18.7. The second-order valence-corrected chi connectivity index (χ2v) is 33.5. The quantitative estimate of drug-likeness (QED) is 0.0199. The van der Waals surface area contributed by atoms with Crippen LogP contribution >= 0.6 is 0 Å². The van der Waals surface area contributed by atoms with Crippen molar-refractivity contribution in [3.8, 4) is 0 Å². The molecule has 0 spiro atoms. The van der Waals surface area contributed by atoms with Crippen LogP contribution in [-0.2, 0) is 33.2 Å². The summed E-state index contributed by atoms with van der Waals surface area (Å²) in [5.41, 5.74) is 0. The summed E-state index contributed by atoms with van der Waals surface area (Å²) < 4.78 is 34.5. The van der Waals surface area contributed by atoms with Gasteiger partial charge in [0, 0.05) is 6.42 Å². The molecule has 17 atom stereocenters. The molecule has 19 heteroatoms. The molecule has 3 fully saturated rings. The lowest BCUT2D eigenvalue weighted by Gasteiger charge is -2.48. The first-order valence-corrected chi connectivity index (χ1v) is 47.2. The number of allylic oxidation sites excluding steroid dienone is 11. The molecule has 0 aromatic rings. The number of nitrogens with one attached hydrogen (secondary N) is 1. The van der Waals surface area contributed by atoms with E-state index in [1.165, 1.54) is 302 Å². The van der Waals surface area contributed by atoms with Gasteiger partial charge in [-0.2, -0.15) is 0 Å². The van der Waals surface area contributed by atoms with Gasteiger partial charge >= 0.3 is 0 Å². The van der Waals surface area contributed by atoms with Crippen molar-refractivity contribution < 1.29 is 89.4 Å². The van der Waals surface area contributed by atoms with Crippen LogP contribution in [0.3, 0.4) is 0 Å². The fourth-order valence-electron chi connectivity index (χ4n) is 15.7. The molecule has 666 valence electrons. The molecule has 3 rings (SSSR count). The summed E-state index contributed by atoms with van der Waals surface area (Å²) in [5.74, 6) is -0.284. The van der Waals surface area contributed by atoms with E-state index < -0.39 is 124 Å². The molecule has 3 aliphatic heterocycles. The Morgan fingerprint density at radius 3 is 0.939 bits per heavy atom. The minimum absolute atomic E-state index is 0.233. The predicted molar refractivity (Wildman–Crippen MR) is 462 cm³/mol. The van der Waals surface area contributed by atoms with Crippen LogP contribution in [0.25, 0.3) is 0 Å². The van der Waals surface area contributed by atoms with Gasteiger partial charge in [0.15, 0.2) is 18.9 Å². The van der Waals surface area contributed by atoms with Crippen LogP contribution in [0, 0.1) is 0 Å². The maximum absolute atomic E-state index is 13.5. The van der Waals surface area contributed by atoms with E-state index in [2.05, 4.69) is 79.9 Å². The van der Waals surface area contributed by atoms with Gasteiger partial charge in [0.25, 0.3) is 0 Å². The molecule has 3 aliphatic rings. The maximum atomic E-state index is 13.5. The Morgan fingerprint density at radius 2 is 0.588 bits per heavy atom. The molecule has 1 amide bonds. The first-order valence-electron chi connectivity index (χ1n) is 47.2. The number of ether oxygens (including phenoxy) is 6. The van der Waals surface area contributed by atoms with Gasteiger partial charge in [-0.05, 0) is 83.5 Å². The molecule has 17 unspecified atom stereocenters. The number of aliphatic hydroxyl groups excluding tert-OH is 11. The first-order chi connectivity index (χ1) is 55.8. The van der Waals surface area contributed by atoms with Crippen molar-refractivity contribution in [3.05, 3.63) is 72.9 Å². The number of carbonyl (C=O) groups excluding carboxylic acids is 1. The van der Waals surface area contributed by atoms with Gasteiger partial charge in [-0.25, -0.2) is 0 Å². The van der Waals surface area contributed by atoms with Crippen molar-refractivity contribution >= 4 is 5.91 Å². The fourth-order valence-corrected chi connectivity index (χ4v) is 15.7. The van der Waals surface area contributed by atoms with Gasteiger partial charge in [-0.3, -0.25) is 4.79 Å². The van der Waals surface area contributed by atoms with Crippen molar-refractivity contribution in [1.29, 1.82) is 0 Å². The van der Waals surface area contributed by atoms with E-state index in [1.807, 2.05) is 6.08 Å². The molecular weight excluding hydrogens is 1440 g/mol. The van der Waals surface area contributed by atoms with Gasteiger partial charge in [-0.1, -0.05) is 376 Å². The van der Waals surface area contributed by atoms with Crippen molar-refractivity contribution in [2.75, 3.05) is 26.4 Å². The molecule has 0 aromatic heterocycles. The highest BCUT2D eigenvalue weighted by molar-refractivity contribution is 5.76. The number of unbranched alkanes of at least 4 members (excludes halogenated alkanes) is 51. The van der Waals surface area contributed by atoms with Gasteiger partial charge in [0.2, 0.25) is 5.91 Å². The number of carbonyl (C=O) groups is 1. The lowest BCUT2D eigenvalue weighted by Crippen LogP contribution is -2.66. The molecule has 19 nitrogen and oxygen atoms in total. The molecule has 3 saturated heterocycles. The third-order valence-corrected chi connectivity index (χ3v) is 23.2. The monoisotopic (exact) mass is 1620 g/mol. The lowest BCUT2D eigenvalue weighted by atomic mass is 9.96. The molecule has 0 bridgehead atoms. The van der Waals surface area contributed by atoms with Crippen molar-refractivity contribution in [2.24, 2.45) is 0 Å². The number of aliphatic hydroxyl groups is 11. The zero-order valence-electron chi connectivity index (χ0n) is 72.1. The van der Waals surface area contributed by atoms with E-state index >= 15 is 0 Å². The van der Waals surface area contributed by atoms with Crippen LogP contribution in [0.5, 0.6) is 0 Å². The molecule has 12 N–H and O–H groups in total. The Bertz CT molecular complexity index is 2340. The average molecular weight is 1620 g/mol. The standard InChI is InChI=1S/C95H173NO18/c1-3-5-7-9-11-13-15-17-19-21-23-25-27-29-31-33-35-37-38-39-40-41-43-45-47-49-51-53-55-57-59-61-63-65-67-69-71-73-83(101)96-78(79(100)72-70-68-66-64-62-60-58-56-54-52-50-48-46-44-42-36-34-32-30-28-26-24-22-20-18-16-14-12-10-8-6-4-2)77-109-93-89(107)86(104)91(81(75-98)111-93)114-95-90(108)87(105)92(82(76-99)112-95)113-94-88(106)85(103)84(102)80(74-97)110-94/h15,17,21,23,27,29,54,56,62,64,70,72,78-82,84-95,97-100,102-108H,3-14,16,18-20,22,24-26,28,30-53,55,57-61,63,65-69,71,73-77H2,1-2H3,(H,96,101)/b17-15-,23-21-,29-27-,56-54+,64-62+,72-70+. The average Bonchev–Trinajstić information content (AvgIpc) is 0.777. The Labute approximate surface area is 693 Å². The van der Waals surface area contributed by atoms with Crippen LogP contribution in [-0.4, -0.2) is 193 Å². The van der Waals surface area contributed by atoms with E-state index in [0.29, 0.717) is 12.8 Å². The summed E-state index contributed by atoms with van der Waals surface area (Å²) in [4.78, 5) is 13.5.